The van der Waals surface area contributed by atoms with Gasteiger partial charge in [0.25, 0.3) is 0 Å². The minimum absolute atomic E-state index is 0.216. The van der Waals surface area contributed by atoms with E-state index in [1.165, 1.54) is 0 Å². The van der Waals surface area contributed by atoms with Crippen molar-refractivity contribution in [3.05, 3.63) is 36.9 Å². The molecular weight excluding hydrogens is 444 g/mol. The Morgan fingerprint density at radius 1 is 0.824 bits per heavy atom. The second-order valence-corrected chi connectivity index (χ2v) is 8.62. The smallest absolute Gasteiger partial charge is 0.333 e. The average molecular weight is 475 g/mol. The molecule has 2 saturated carbocycles. The van der Waals surface area contributed by atoms with Crippen molar-refractivity contribution >= 4 is 23.9 Å². The molecule has 1 N–H and O–H groups in total. The van der Waals surface area contributed by atoms with Crippen LogP contribution in [0.1, 0.15) is 51.4 Å². The summed E-state index contributed by atoms with van der Waals surface area (Å²) in [4.78, 5) is 47.1. The van der Waals surface area contributed by atoms with Crippen LogP contribution >= 0.6 is 0 Å². The minimum Gasteiger partial charge on any atom is -0.481 e. The second kappa shape index (κ2) is 12.2. The Balaban J connectivity index is 1.37. The average Bonchev–Trinajstić information content (AvgIpc) is 2.85. The predicted molar refractivity (Wildman–Crippen MR) is 119 cm³/mol. The molecule has 2 aliphatic carbocycles. The molecule has 0 spiro atoms. The van der Waals surface area contributed by atoms with E-state index in [0.29, 0.717) is 62.9 Å². The summed E-state index contributed by atoms with van der Waals surface area (Å²) >= 11 is 0. The van der Waals surface area contributed by atoms with Crippen LogP contribution in [0.2, 0.25) is 0 Å². The number of carbonyl (C=O) groups is 4. The van der Waals surface area contributed by atoms with Crippen molar-refractivity contribution in [3.8, 4) is 11.5 Å². The number of rotatable bonds is 9. The Kier molecular flexibility index (Phi) is 9.07. The molecule has 9 heteroatoms. The number of benzene rings is 1. The van der Waals surface area contributed by atoms with Gasteiger partial charge in [0, 0.05) is 6.08 Å². The van der Waals surface area contributed by atoms with Crippen LogP contribution in [0.4, 0.5) is 0 Å². The predicted octanol–water partition coefficient (Wildman–Crippen LogP) is 3.65. The first-order chi connectivity index (χ1) is 16.4. The molecule has 34 heavy (non-hydrogen) atoms. The Labute approximate surface area is 198 Å². The molecule has 9 nitrogen and oxygen atoms in total. The zero-order chi connectivity index (χ0) is 24.5. The lowest BCUT2D eigenvalue weighted by molar-refractivity contribution is -0.159. The normalized spacial score (nSPS) is 24.4. The number of hydrogen-bond donors (Lipinski definition) is 1. The molecule has 0 amide bonds. The van der Waals surface area contributed by atoms with Gasteiger partial charge in [-0.25, -0.2) is 4.79 Å². The molecule has 0 saturated heterocycles. The van der Waals surface area contributed by atoms with Gasteiger partial charge in [0.1, 0.15) is 17.6 Å². The molecule has 184 valence electrons. The van der Waals surface area contributed by atoms with Crippen LogP contribution < -0.4 is 9.47 Å². The monoisotopic (exact) mass is 474 g/mol. The number of carboxylic acid groups (broad SMARTS) is 1. The molecule has 0 aromatic heterocycles. The van der Waals surface area contributed by atoms with Crippen LogP contribution in [0.25, 0.3) is 0 Å². The molecule has 0 atom stereocenters. The van der Waals surface area contributed by atoms with E-state index in [0.717, 1.165) is 6.08 Å². The second-order valence-electron chi connectivity index (χ2n) is 8.62. The lowest BCUT2D eigenvalue weighted by atomic mass is 9.82. The van der Waals surface area contributed by atoms with Crippen LogP contribution in [0, 0.1) is 17.8 Å². The van der Waals surface area contributed by atoms with Gasteiger partial charge < -0.3 is 24.1 Å². The Morgan fingerprint density at radius 2 is 1.35 bits per heavy atom. The van der Waals surface area contributed by atoms with Crippen LogP contribution in [0.3, 0.4) is 0 Å². The highest BCUT2D eigenvalue weighted by Crippen LogP contribution is 2.33. The van der Waals surface area contributed by atoms with Gasteiger partial charge in [-0.05, 0) is 75.6 Å². The quantitative estimate of drug-likeness (QED) is 0.247. The van der Waals surface area contributed by atoms with Crippen LogP contribution in [-0.4, -0.2) is 41.9 Å². The molecular formula is C25H30O9. The van der Waals surface area contributed by atoms with E-state index in [9.17, 15) is 19.2 Å². The van der Waals surface area contributed by atoms with Crippen molar-refractivity contribution in [2.75, 3.05) is 6.79 Å². The van der Waals surface area contributed by atoms with Gasteiger partial charge in [0.2, 0.25) is 6.79 Å². The summed E-state index contributed by atoms with van der Waals surface area (Å²) in [6.07, 6.45) is 5.23. The zero-order valence-corrected chi connectivity index (χ0v) is 19.0. The molecule has 3 rings (SSSR count). The number of aliphatic carboxylic acids is 1. The minimum atomic E-state index is -0.786. The topological polar surface area (TPSA) is 125 Å². The first kappa shape index (κ1) is 25.3. The first-order valence-electron chi connectivity index (χ1n) is 11.5. The van der Waals surface area contributed by atoms with Crippen molar-refractivity contribution in [1.82, 2.24) is 0 Å². The maximum Gasteiger partial charge on any atom is 0.333 e. The third-order valence-corrected chi connectivity index (χ3v) is 6.34. The van der Waals surface area contributed by atoms with Crippen LogP contribution in [-0.2, 0) is 28.7 Å². The van der Waals surface area contributed by atoms with Crippen molar-refractivity contribution in [3.63, 3.8) is 0 Å². The molecule has 1 aromatic carbocycles. The highest BCUT2D eigenvalue weighted by molar-refractivity contribution is 5.81. The third-order valence-electron chi connectivity index (χ3n) is 6.34. The van der Waals surface area contributed by atoms with E-state index in [4.69, 9.17) is 24.1 Å². The summed E-state index contributed by atoms with van der Waals surface area (Å²) in [5, 5.41) is 9.07. The SMILES string of the molecule is C=CC(=O)OCOc1ccc(OC(=O)C2CCC(C(=O)OC3CCC(C(=O)O)CC3)CC2)cc1. The number of ether oxygens (including phenoxy) is 4. The summed E-state index contributed by atoms with van der Waals surface area (Å²) in [6, 6.07) is 6.37. The molecule has 0 aliphatic heterocycles. The first-order valence-corrected chi connectivity index (χ1v) is 11.5. The summed E-state index contributed by atoms with van der Waals surface area (Å²) in [5.74, 6) is -2.01. The maximum atomic E-state index is 12.5. The number of carbonyl (C=O) groups excluding carboxylic acids is 3. The lowest BCUT2D eigenvalue weighted by Gasteiger charge is -2.30. The van der Waals surface area contributed by atoms with E-state index in [1.807, 2.05) is 0 Å². The van der Waals surface area contributed by atoms with Crippen molar-refractivity contribution in [2.24, 2.45) is 17.8 Å². The summed E-state index contributed by atoms with van der Waals surface area (Å²) in [6.45, 7) is 3.04. The highest BCUT2D eigenvalue weighted by Gasteiger charge is 2.34. The van der Waals surface area contributed by atoms with Crippen LogP contribution in [0.15, 0.2) is 36.9 Å². The van der Waals surface area contributed by atoms with E-state index >= 15 is 0 Å². The zero-order valence-electron chi connectivity index (χ0n) is 19.0. The molecule has 2 aliphatic rings. The van der Waals surface area contributed by atoms with E-state index in [-0.39, 0.29) is 42.6 Å². The number of esters is 3. The molecule has 0 heterocycles. The van der Waals surface area contributed by atoms with Gasteiger partial charge in [-0.15, -0.1) is 0 Å². The van der Waals surface area contributed by atoms with Gasteiger partial charge in [-0.3, -0.25) is 14.4 Å². The lowest BCUT2D eigenvalue weighted by Crippen LogP contribution is -2.33. The van der Waals surface area contributed by atoms with E-state index < -0.39 is 11.9 Å². The van der Waals surface area contributed by atoms with Gasteiger partial charge >= 0.3 is 23.9 Å². The van der Waals surface area contributed by atoms with Crippen molar-refractivity contribution in [1.29, 1.82) is 0 Å². The van der Waals surface area contributed by atoms with E-state index in [2.05, 4.69) is 6.58 Å². The fourth-order valence-electron chi connectivity index (χ4n) is 4.27. The van der Waals surface area contributed by atoms with Crippen LogP contribution in [0.5, 0.6) is 11.5 Å². The fourth-order valence-corrected chi connectivity index (χ4v) is 4.27. The maximum absolute atomic E-state index is 12.5. The van der Waals surface area contributed by atoms with E-state index in [1.54, 1.807) is 24.3 Å². The fraction of sp³-hybridized carbons (Fsp3) is 0.520. The molecule has 0 bridgehead atoms. The molecule has 2 fully saturated rings. The molecule has 0 radical (unpaired) electrons. The van der Waals surface area contributed by atoms with Crippen molar-refractivity contribution in [2.45, 2.75) is 57.5 Å². The molecule has 0 unspecified atom stereocenters. The van der Waals surface area contributed by atoms with Gasteiger partial charge in [-0.1, -0.05) is 6.58 Å². The van der Waals surface area contributed by atoms with Gasteiger partial charge in [0.05, 0.1) is 17.8 Å². The largest absolute Gasteiger partial charge is 0.481 e. The highest BCUT2D eigenvalue weighted by atomic mass is 16.7. The Bertz CT molecular complexity index is 876. The van der Waals surface area contributed by atoms with Gasteiger partial charge in [0.15, 0.2) is 0 Å². The number of hydrogen-bond acceptors (Lipinski definition) is 8. The standard InChI is InChI=1S/C25H30O9/c1-2-22(26)32-15-31-19-11-13-21(14-12-19)34-25(30)18-5-3-17(4-6-18)24(29)33-20-9-7-16(8-10-20)23(27)28/h2,11-14,16-18,20H,1,3-10,15H2,(H,27,28). The summed E-state index contributed by atoms with van der Waals surface area (Å²) in [7, 11) is 0. The Morgan fingerprint density at radius 3 is 1.91 bits per heavy atom. The summed E-state index contributed by atoms with van der Waals surface area (Å²) < 4.78 is 21.1. The third kappa shape index (κ3) is 7.33. The van der Waals surface area contributed by atoms with Gasteiger partial charge in [-0.2, -0.15) is 0 Å². The van der Waals surface area contributed by atoms with Crippen molar-refractivity contribution < 1.29 is 43.2 Å². The molecule has 1 aromatic rings. The Hall–Kier alpha value is -3.36. The number of carboxylic acids is 1. The summed E-state index contributed by atoms with van der Waals surface area (Å²) in [5.41, 5.74) is 0.